The fourth-order valence-corrected chi connectivity index (χ4v) is 2.33. The van der Waals surface area contributed by atoms with Crippen LogP contribution in [0.2, 0.25) is 0 Å². The van der Waals surface area contributed by atoms with Crippen molar-refractivity contribution in [1.29, 1.82) is 0 Å². The average molecular weight is 256 g/mol. The maximum Gasteiger partial charge on any atom is 0.308 e. The number of hydrogen-bond donors (Lipinski definition) is 3. The second-order valence-electron chi connectivity index (χ2n) is 5.51. The molecular weight excluding hydrogens is 232 g/mol. The summed E-state index contributed by atoms with van der Waals surface area (Å²) in [5, 5.41) is 15.1. The SMILES string of the molecule is CC1CC(C(=O)NCC(C(=O)O)C(C)C)CCN1. The number of carbonyl (C=O) groups excluding carboxylic acids is 1. The van der Waals surface area contributed by atoms with Crippen LogP contribution in [0, 0.1) is 17.8 Å². The first-order valence-electron chi connectivity index (χ1n) is 6.65. The van der Waals surface area contributed by atoms with Crippen molar-refractivity contribution in [2.24, 2.45) is 17.8 Å². The van der Waals surface area contributed by atoms with Gasteiger partial charge in [0.25, 0.3) is 0 Å². The van der Waals surface area contributed by atoms with E-state index in [0.29, 0.717) is 6.04 Å². The first kappa shape index (κ1) is 15.0. The molecule has 0 aromatic carbocycles. The number of rotatable bonds is 5. The number of piperidine rings is 1. The van der Waals surface area contributed by atoms with Crippen molar-refractivity contribution >= 4 is 11.9 Å². The van der Waals surface area contributed by atoms with Gasteiger partial charge in [0, 0.05) is 18.5 Å². The molecule has 0 aliphatic carbocycles. The van der Waals surface area contributed by atoms with Gasteiger partial charge in [0.2, 0.25) is 5.91 Å². The van der Waals surface area contributed by atoms with E-state index in [0.717, 1.165) is 19.4 Å². The van der Waals surface area contributed by atoms with E-state index >= 15 is 0 Å². The summed E-state index contributed by atoms with van der Waals surface area (Å²) in [5.74, 6) is -1.31. The van der Waals surface area contributed by atoms with Gasteiger partial charge in [-0.3, -0.25) is 9.59 Å². The van der Waals surface area contributed by atoms with E-state index in [-0.39, 0.29) is 24.3 Å². The average Bonchev–Trinajstić information content (AvgIpc) is 2.28. The van der Waals surface area contributed by atoms with Crippen molar-refractivity contribution in [2.75, 3.05) is 13.1 Å². The molecule has 0 aromatic heterocycles. The number of hydrogen-bond acceptors (Lipinski definition) is 3. The Bertz CT molecular complexity index is 305. The summed E-state index contributed by atoms with van der Waals surface area (Å²) in [6, 6.07) is 0.356. The molecule has 0 radical (unpaired) electrons. The highest BCUT2D eigenvalue weighted by molar-refractivity contribution is 5.79. The summed E-state index contributed by atoms with van der Waals surface area (Å²) in [7, 11) is 0. The van der Waals surface area contributed by atoms with Crippen molar-refractivity contribution in [1.82, 2.24) is 10.6 Å². The maximum absolute atomic E-state index is 12.0. The third-order valence-corrected chi connectivity index (χ3v) is 3.61. The molecule has 3 N–H and O–H groups in total. The predicted molar refractivity (Wildman–Crippen MR) is 69.2 cm³/mol. The lowest BCUT2D eigenvalue weighted by molar-refractivity contribution is -0.143. The van der Waals surface area contributed by atoms with Gasteiger partial charge in [-0.05, 0) is 32.2 Å². The Balaban J connectivity index is 2.42. The van der Waals surface area contributed by atoms with Crippen LogP contribution in [-0.2, 0) is 9.59 Å². The Morgan fingerprint density at radius 1 is 1.44 bits per heavy atom. The highest BCUT2D eigenvalue weighted by Gasteiger charge is 2.27. The molecule has 104 valence electrons. The van der Waals surface area contributed by atoms with Gasteiger partial charge in [0.15, 0.2) is 0 Å². The minimum Gasteiger partial charge on any atom is -0.481 e. The molecule has 0 spiro atoms. The van der Waals surface area contributed by atoms with Crippen molar-refractivity contribution in [3.8, 4) is 0 Å². The molecule has 0 saturated carbocycles. The Kier molecular flexibility index (Phi) is 5.59. The summed E-state index contributed by atoms with van der Waals surface area (Å²) < 4.78 is 0. The van der Waals surface area contributed by atoms with Crippen molar-refractivity contribution in [3.05, 3.63) is 0 Å². The molecule has 18 heavy (non-hydrogen) atoms. The molecule has 1 heterocycles. The lowest BCUT2D eigenvalue weighted by atomic mass is 9.91. The molecular formula is C13H24N2O3. The minimum atomic E-state index is -0.844. The molecule has 1 amide bonds. The molecule has 1 saturated heterocycles. The van der Waals surface area contributed by atoms with Gasteiger partial charge in [0.05, 0.1) is 5.92 Å². The molecule has 1 fully saturated rings. The summed E-state index contributed by atoms with van der Waals surface area (Å²) in [6.45, 7) is 6.86. The Morgan fingerprint density at radius 3 is 2.61 bits per heavy atom. The molecule has 5 nitrogen and oxygen atoms in total. The first-order chi connectivity index (χ1) is 8.41. The van der Waals surface area contributed by atoms with E-state index in [4.69, 9.17) is 5.11 Å². The Labute approximate surface area is 108 Å². The maximum atomic E-state index is 12.0. The van der Waals surface area contributed by atoms with Gasteiger partial charge in [-0.1, -0.05) is 13.8 Å². The lowest BCUT2D eigenvalue weighted by Gasteiger charge is -2.27. The molecule has 1 rings (SSSR count). The number of amides is 1. The topological polar surface area (TPSA) is 78.4 Å². The summed E-state index contributed by atoms with van der Waals surface area (Å²) in [4.78, 5) is 23.0. The largest absolute Gasteiger partial charge is 0.481 e. The van der Waals surface area contributed by atoms with E-state index in [1.807, 2.05) is 13.8 Å². The van der Waals surface area contributed by atoms with Crippen molar-refractivity contribution in [3.63, 3.8) is 0 Å². The first-order valence-corrected chi connectivity index (χ1v) is 6.65. The number of carbonyl (C=O) groups is 2. The van der Waals surface area contributed by atoms with E-state index in [2.05, 4.69) is 17.6 Å². The summed E-state index contributed by atoms with van der Waals surface area (Å²) in [6.07, 6.45) is 1.65. The van der Waals surface area contributed by atoms with Crippen LogP contribution in [-0.4, -0.2) is 36.1 Å². The van der Waals surface area contributed by atoms with E-state index in [9.17, 15) is 9.59 Å². The van der Waals surface area contributed by atoms with E-state index in [1.54, 1.807) is 0 Å². The monoisotopic (exact) mass is 256 g/mol. The van der Waals surface area contributed by atoms with Gasteiger partial charge in [-0.25, -0.2) is 0 Å². The minimum absolute atomic E-state index is 0.00440. The van der Waals surface area contributed by atoms with Crippen LogP contribution in [0.15, 0.2) is 0 Å². The number of nitrogens with one attached hydrogen (secondary N) is 2. The summed E-state index contributed by atoms with van der Waals surface area (Å²) >= 11 is 0. The zero-order valence-electron chi connectivity index (χ0n) is 11.4. The van der Waals surface area contributed by atoms with Gasteiger partial charge in [-0.15, -0.1) is 0 Å². The fraction of sp³-hybridized carbons (Fsp3) is 0.846. The standard InChI is InChI=1S/C13H24N2O3/c1-8(2)11(13(17)18)7-15-12(16)10-4-5-14-9(3)6-10/h8-11,14H,4-7H2,1-3H3,(H,15,16)(H,17,18). The van der Waals surface area contributed by atoms with Crippen LogP contribution >= 0.6 is 0 Å². The van der Waals surface area contributed by atoms with Gasteiger partial charge < -0.3 is 15.7 Å². The third kappa shape index (κ3) is 4.29. The van der Waals surface area contributed by atoms with Crippen LogP contribution in [0.3, 0.4) is 0 Å². The molecule has 5 heteroatoms. The lowest BCUT2D eigenvalue weighted by Crippen LogP contribution is -2.44. The van der Waals surface area contributed by atoms with Crippen LogP contribution in [0.4, 0.5) is 0 Å². The van der Waals surface area contributed by atoms with Crippen LogP contribution in [0.1, 0.15) is 33.6 Å². The normalized spacial score (nSPS) is 25.8. The fourth-order valence-electron chi connectivity index (χ4n) is 2.33. The summed E-state index contributed by atoms with van der Waals surface area (Å²) in [5.41, 5.74) is 0. The van der Waals surface area contributed by atoms with Gasteiger partial charge >= 0.3 is 5.97 Å². The highest BCUT2D eigenvalue weighted by Crippen LogP contribution is 2.16. The molecule has 1 aliphatic heterocycles. The number of aliphatic carboxylic acids is 1. The third-order valence-electron chi connectivity index (χ3n) is 3.61. The quantitative estimate of drug-likeness (QED) is 0.681. The van der Waals surface area contributed by atoms with Crippen LogP contribution in [0.5, 0.6) is 0 Å². The smallest absolute Gasteiger partial charge is 0.308 e. The molecule has 3 unspecified atom stereocenters. The number of carboxylic acid groups (broad SMARTS) is 1. The Hall–Kier alpha value is -1.10. The molecule has 0 aromatic rings. The second-order valence-corrected chi connectivity index (χ2v) is 5.51. The predicted octanol–water partition coefficient (Wildman–Crippen LogP) is 0.847. The Morgan fingerprint density at radius 2 is 2.11 bits per heavy atom. The number of carboxylic acids is 1. The zero-order valence-corrected chi connectivity index (χ0v) is 11.4. The van der Waals surface area contributed by atoms with Crippen LogP contribution in [0.25, 0.3) is 0 Å². The van der Waals surface area contributed by atoms with Crippen LogP contribution < -0.4 is 10.6 Å². The van der Waals surface area contributed by atoms with Gasteiger partial charge in [0.1, 0.15) is 0 Å². The molecule has 0 bridgehead atoms. The van der Waals surface area contributed by atoms with Gasteiger partial charge in [-0.2, -0.15) is 0 Å². The highest BCUT2D eigenvalue weighted by atomic mass is 16.4. The van der Waals surface area contributed by atoms with Crippen molar-refractivity contribution < 1.29 is 14.7 Å². The van der Waals surface area contributed by atoms with E-state index < -0.39 is 11.9 Å². The molecule has 1 aliphatic rings. The van der Waals surface area contributed by atoms with Crippen molar-refractivity contribution in [2.45, 2.75) is 39.7 Å². The molecule has 3 atom stereocenters. The second kappa shape index (κ2) is 6.73. The van der Waals surface area contributed by atoms with E-state index in [1.165, 1.54) is 0 Å². The zero-order chi connectivity index (χ0) is 13.7.